The van der Waals surface area contributed by atoms with Gasteiger partial charge in [0.1, 0.15) is 11.9 Å². The molecule has 2 nitrogen and oxygen atoms in total. The second-order valence-corrected chi connectivity index (χ2v) is 3.22. The summed E-state index contributed by atoms with van der Waals surface area (Å²) in [7, 11) is 3.30. The highest BCUT2D eigenvalue weighted by atomic mass is 19.1. The van der Waals surface area contributed by atoms with Gasteiger partial charge in [-0.25, -0.2) is 4.39 Å². The van der Waals surface area contributed by atoms with Crippen LogP contribution in [0.1, 0.15) is 17.3 Å². The molecule has 1 N–H and O–H groups in total. The molecule has 0 radical (unpaired) electrons. The van der Waals surface area contributed by atoms with Crippen molar-refractivity contribution >= 4 is 0 Å². The maximum atomic E-state index is 13.6. The monoisotopic (exact) mass is 197 g/mol. The van der Waals surface area contributed by atoms with Crippen molar-refractivity contribution in [2.75, 3.05) is 20.7 Å². The quantitative estimate of drug-likeness (QED) is 0.799. The Labute approximate surface area is 84.1 Å². The van der Waals surface area contributed by atoms with Crippen molar-refractivity contribution in [1.29, 1.82) is 0 Å². The van der Waals surface area contributed by atoms with Crippen molar-refractivity contribution in [2.45, 2.75) is 13.1 Å². The topological polar surface area (TPSA) is 21.3 Å². The molecular formula is C11H16FNO. The molecule has 0 saturated carbocycles. The molecule has 0 fully saturated rings. The van der Waals surface area contributed by atoms with Crippen LogP contribution in [-0.2, 0) is 0 Å². The van der Waals surface area contributed by atoms with E-state index >= 15 is 0 Å². The second kappa shape index (κ2) is 4.96. The third kappa shape index (κ3) is 2.23. The summed E-state index contributed by atoms with van der Waals surface area (Å²) in [5.74, 6) is 0.648. The summed E-state index contributed by atoms with van der Waals surface area (Å²) in [6.07, 6.45) is -1.02. The first kappa shape index (κ1) is 11.0. The van der Waals surface area contributed by atoms with Crippen LogP contribution in [0.15, 0.2) is 18.2 Å². The van der Waals surface area contributed by atoms with E-state index in [-0.39, 0.29) is 0 Å². The van der Waals surface area contributed by atoms with Crippen LogP contribution in [0.2, 0.25) is 0 Å². The third-order valence-electron chi connectivity index (χ3n) is 2.17. The number of methoxy groups -OCH3 is 1. The Kier molecular flexibility index (Phi) is 3.89. The molecule has 14 heavy (non-hydrogen) atoms. The average Bonchev–Trinajstić information content (AvgIpc) is 2.17. The molecule has 0 aliphatic rings. The van der Waals surface area contributed by atoms with Gasteiger partial charge in [0, 0.05) is 12.1 Å². The molecule has 0 aromatic heterocycles. The fourth-order valence-corrected chi connectivity index (χ4v) is 1.49. The number of ether oxygens (including phenoxy) is 1. The Bertz CT molecular complexity index is 301. The van der Waals surface area contributed by atoms with Gasteiger partial charge in [0.2, 0.25) is 0 Å². The first-order valence-electron chi connectivity index (χ1n) is 4.63. The minimum atomic E-state index is -1.02. The van der Waals surface area contributed by atoms with Gasteiger partial charge >= 0.3 is 0 Å². The predicted octanol–water partition coefficient (Wildman–Crippen LogP) is 2.23. The molecule has 1 unspecified atom stereocenters. The molecule has 0 aliphatic heterocycles. The van der Waals surface area contributed by atoms with Crippen LogP contribution in [0.4, 0.5) is 4.39 Å². The summed E-state index contributed by atoms with van der Waals surface area (Å²) in [5.41, 5.74) is 1.57. The van der Waals surface area contributed by atoms with Gasteiger partial charge in [0.05, 0.1) is 7.11 Å². The molecule has 3 heteroatoms. The number of hydrogen-bond acceptors (Lipinski definition) is 2. The Balaban J connectivity index is 3.00. The van der Waals surface area contributed by atoms with Gasteiger partial charge in [-0.1, -0.05) is 18.2 Å². The van der Waals surface area contributed by atoms with E-state index in [1.807, 2.05) is 19.1 Å². The Morgan fingerprint density at radius 2 is 2.21 bits per heavy atom. The zero-order valence-corrected chi connectivity index (χ0v) is 8.80. The highest BCUT2D eigenvalue weighted by molar-refractivity contribution is 5.42. The van der Waals surface area contributed by atoms with Crippen molar-refractivity contribution < 1.29 is 9.13 Å². The van der Waals surface area contributed by atoms with E-state index in [1.54, 1.807) is 20.2 Å². The lowest BCUT2D eigenvalue weighted by Crippen LogP contribution is -2.14. The molecule has 0 bridgehead atoms. The second-order valence-electron chi connectivity index (χ2n) is 3.22. The fourth-order valence-electron chi connectivity index (χ4n) is 1.49. The zero-order chi connectivity index (χ0) is 10.6. The fraction of sp³-hybridized carbons (Fsp3) is 0.455. The molecule has 1 atom stereocenters. The smallest absolute Gasteiger partial charge is 0.141 e. The minimum Gasteiger partial charge on any atom is -0.496 e. The first-order chi connectivity index (χ1) is 6.70. The molecule has 1 aromatic rings. The van der Waals surface area contributed by atoms with Gasteiger partial charge in [-0.2, -0.15) is 0 Å². The maximum absolute atomic E-state index is 13.6. The van der Waals surface area contributed by atoms with Crippen molar-refractivity contribution in [3.63, 3.8) is 0 Å². The average molecular weight is 197 g/mol. The van der Waals surface area contributed by atoms with E-state index < -0.39 is 6.17 Å². The van der Waals surface area contributed by atoms with Crippen LogP contribution in [0.5, 0.6) is 5.75 Å². The minimum absolute atomic E-state index is 0.305. The highest BCUT2D eigenvalue weighted by Crippen LogP contribution is 2.30. The SMILES string of the molecule is CNCC(F)c1cccc(C)c1OC. The van der Waals surface area contributed by atoms with Crippen LogP contribution in [0.3, 0.4) is 0 Å². The number of nitrogens with one attached hydrogen (secondary N) is 1. The van der Waals surface area contributed by atoms with Crippen LogP contribution in [-0.4, -0.2) is 20.7 Å². The van der Waals surface area contributed by atoms with Gasteiger partial charge in [0.15, 0.2) is 0 Å². The number of aryl methyl sites for hydroxylation is 1. The van der Waals surface area contributed by atoms with E-state index in [0.717, 1.165) is 5.56 Å². The molecule has 0 aliphatic carbocycles. The largest absolute Gasteiger partial charge is 0.496 e. The van der Waals surface area contributed by atoms with Crippen molar-refractivity contribution in [2.24, 2.45) is 0 Å². The normalized spacial score (nSPS) is 12.6. The summed E-state index contributed by atoms with van der Waals surface area (Å²) in [5, 5.41) is 2.81. The third-order valence-corrected chi connectivity index (χ3v) is 2.17. The number of hydrogen-bond donors (Lipinski definition) is 1. The number of benzene rings is 1. The molecular weight excluding hydrogens is 181 g/mol. The number of halogens is 1. The van der Waals surface area contributed by atoms with Gasteiger partial charge in [0.25, 0.3) is 0 Å². The number of likely N-dealkylation sites (N-methyl/N-ethyl adjacent to an activating group) is 1. The Morgan fingerprint density at radius 1 is 1.50 bits per heavy atom. The van der Waals surface area contributed by atoms with Crippen molar-refractivity contribution in [3.8, 4) is 5.75 Å². The molecule has 0 amide bonds. The zero-order valence-electron chi connectivity index (χ0n) is 8.80. The molecule has 78 valence electrons. The maximum Gasteiger partial charge on any atom is 0.141 e. The summed E-state index contributed by atoms with van der Waals surface area (Å²) in [6.45, 7) is 2.22. The summed E-state index contributed by atoms with van der Waals surface area (Å²) >= 11 is 0. The van der Waals surface area contributed by atoms with Crippen LogP contribution >= 0.6 is 0 Å². The summed E-state index contributed by atoms with van der Waals surface area (Å²) in [4.78, 5) is 0. The van der Waals surface area contributed by atoms with E-state index in [0.29, 0.717) is 17.9 Å². The summed E-state index contributed by atoms with van der Waals surface area (Å²) in [6, 6.07) is 5.51. The lowest BCUT2D eigenvalue weighted by molar-refractivity contribution is 0.317. The van der Waals surface area contributed by atoms with Crippen molar-refractivity contribution in [1.82, 2.24) is 5.32 Å². The Morgan fingerprint density at radius 3 is 2.79 bits per heavy atom. The molecule has 0 heterocycles. The van der Waals surface area contributed by atoms with Crippen LogP contribution < -0.4 is 10.1 Å². The van der Waals surface area contributed by atoms with E-state index in [4.69, 9.17) is 4.74 Å². The van der Waals surface area contributed by atoms with Crippen LogP contribution in [0, 0.1) is 6.92 Å². The van der Waals surface area contributed by atoms with E-state index in [1.165, 1.54) is 0 Å². The number of para-hydroxylation sites is 1. The lowest BCUT2D eigenvalue weighted by Gasteiger charge is -2.14. The van der Waals surface area contributed by atoms with Gasteiger partial charge in [-0.05, 0) is 19.5 Å². The van der Waals surface area contributed by atoms with Gasteiger partial charge in [-0.15, -0.1) is 0 Å². The summed E-state index contributed by atoms with van der Waals surface area (Å²) < 4.78 is 18.8. The van der Waals surface area contributed by atoms with Gasteiger partial charge in [-0.3, -0.25) is 0 Å². The number of alkyl halides is 1. The molecule has 1 aromatic carbocycles. The molecule has 0 saturated heterocycles. The van der Waals surface area contributed by atoms with Crippen LogP contribution in [0.25, 0.3) is 0 Å². The highest BCUT2D eigenvalue weighted by Gasteiger charge is 2.15. The van der Waals surface area contributed by atoms with Crippen molar-refractivity contribution in [3.05, 3.63) is 29.3 Å². The number of rotatable bonds is 4. The first-order valence-corrected chi connectivity index (χ1v) is 4.63. The lowest BCUT2D eigenvalue weighted by atomic mass is 10.1. The van der Waals surface area contributed by atoms with Gasteiger partial charge < -0.3 is 10.1 Å². The molecule has 0 spiro atoms. The Hall–Kier alpha value is -1.09. The molecule has 1 rings (SSSR count). The predicted molar refractivity (Wildman–Crippen MR) is 55.5 cm³/mol. The van der Waals surface area contributed by atoms with E-state index in [2.05, 4.69) is 5.32 Å². The standard InChI is InChI=1S/C11H16FNO/c1-8-5-4-6-9(11(8)14-3)10(12)7-13-2/h4-6,10,13H,7H2,1-3H3. The van der Waals surface area contributed by atoms with E-state index in [9.17, 15) is 4.39 Å².